The molecule has 0 radical (unpaired) electrons. The van der Waals surface area contributed by atoms with Gasteiger partial charge in [-0.3, -0.25) is 0 Å². The van der Waals surface area contributed by atoms with Crippen molar-refractivity contribution in [3.63, 3.8) is 0 Å². The number of fused-ring (bicyclic) bond motifs is 1. The molecule has 3 heteroatoms. The van der Waals surface area contributed by atoms with E-state index in [0.29, 0.717) is 12.2 Å². The van der Waals surface area contributed by atoms with Crippen molar-refractivity contribution in [2.24, 2.45) is 5.92 Å². The zero-order chi connectivity index (χ0) is 9.26. The summed E-state index contributed by atoms with van der Waals surface area (Å²) in [7, 11) is -1.28. The Hall–Kier alpha value is 0.137. The van der Waals surface area contributed by atoms with E-state index in [1.165, 1.54) is 32.1 Å². The Balaban J connectivity index is 1.59. The van der Waals surface area contributed by atoms with E-state index in [-0.39, 0.29) is 0 Å². The second kappa shape index (κ2) is 4.11. The molecule has 2 rings (SSSR count). The lowest BCUT2D eigenvalue weighted by Crippen LogP contribution is -2.14. The van der Waals surface area contributed by atoms with Gasteiger partial charge in [0.15, 0.2) is 9.04 Å². The minimum Gasteiger partial charge on any atom is -0.435 e. The molecule has 1 aliphatic heterocycles. The quantitative estimate of drug-likeness (QED) is 0.553. The molecule has 1 heterocycles. The number of hydrogen-bond acceptors (Lipinski definition) is 2. The maximum absolute atomic E-state index is 9.26. The van der Waals surface area contributed by atoms with Crippen molar-refractivity contribution in [3.05, 3.63) is 0 Å². The molecule has 4 unspecified atom stereocenters. The second-order valence-electron chi connectivity index (χ2n) is 4.67. The fourth-order valence-electron chi connectivity index (χ4n) is 2.45. The fourth-order valence-corrected chi connectivity index (χ4v) is 3.28. The number of rotatable bonds is 4. The van der Waals surface area contributed by atoms with Crippen LogP contribution in [0.15, 0.2) is 0 Å². The molecular formula is C10H20O2Si. The highest BCUT2D eigenvalue weighted by molar-refractivity contribution is 6.48. The molecular weight excluding hydrogens is 180 g/mol. The van der Waals surface area contributed by atoms with E-state index in [1.807, 2.05) is 6.55 Å². The minimum atomic E-state index is -1.28. The molecule has 0 aromatic rings. The second-order valence-corrected chi connectivity index (χ2v) is 6.95. The van der Waals surface area contributed by atoms with Crippen LogP contribution >= 0.6 is 0 Å². The predicted molar refractivity (Wildman–Crippen MR) is 55.3 cm³/mol. The van der Waals surface area contributed by atoms with Crippen LogP contribution < -0.4 is 0 Å². The normalized spacial score (nSPS) is 39.7. The van der Waals surface area contributed by atoms with Crippen molar-refractivity contribution in [2.45, 2.75) is 56.9 Å². The summed E-state index contributed by atoms with van der Waals surface area (Å²) < 4.78 is 5.49. The first-order valence-corrected chi connectivity index (χ1v) is 8.08. The molecule has 0 bridgehead atoms. The minimum absolute atomic E-state index is 0.627. The van der Waals surface area contributed by atoms with Crippen LogP contribution in [0.4, 0.5) is 0 Å². The van der Waals surface area contributed by atoms with Crippen LogP contribution in [0.3, 0.4) is 0 Å². The largest absolute Gasteiger partial charge is 0.435 e. The summed E-state index contributed by atoms with van der Waals surface area (Å²) in [5, 5.41) is 0. The SMILES string of the molecule is C[SiH](O)CCCC1CCC2OC2C1. The van der Waals surface area contributed by atoms with E-state index in [4.69, 9.17) is 4.74 Å². The van der Waals surface area contributed by atoms with Gasteiger partial charge in [-0.1, -0.05) is 12.8 Å². The highest BCUT2D eigenvalue weighted by Gasteiger charge is 2.43. The Morgan fingerprint density at radius 2 is 2.23 bits per heavy atom. The number of epoxide rings is 1. The Labute approximate surface area is 82.0 Å². The van der Waals surface area contributed by atoms with Crippen LogP contribution in [-0.4, -0.2) is 26.0 Å². The van der Waals surface area contributed by atoms with Crippen LogP contribution in [0.25, 0.3) is 0 Å². The molecule has 2 aliphatic rings. The summed E-state index contributed by atoms with van der Waals surface area (Å²) in [6.07, 6.45) is 7.79. The Morgan fingerprint density at radius 1 is 1.38 bits per heavy atom. The van der Waals surface area contributed by atoms with Gasteiger partial charge in [0.25, 0.3) is 0 Å². The van der Waals surface area contributed by atoms with E-state index in [2.05, 4.69) is 0 Å². The van der Waals surface area contributed by atoms with Gasteiger partial charge >= 0.3 is 0 Å². The summed E-state index contributed by atoms with van der Waals surface area (Å²) in [6.45, 7) is 2.01. The van der Waals surface area contributed by atoms with Crippen molar-refractivity contribution < 1.29 is 9.53 Å². The molecule has 4 atom stereocenters. The number of ether oxygens (including phenoxy) is 1. The van der Waals surface area contributed by atoms with Crippen molar-refractivity contribution >= 4 is 9.04 Å². The van der Waals surface area contributed by atoms with Gasteiger partial charge in [-0.15, -0.1) is 0 Å². The molecule has 2 nitrogen and oxygen atoms in total. The highest BCUT2D eigenvalue weighted by atomic mass is 28.3. The molecule has 1 N–H and O–H groups in total. The third kappa shape index (κ3) is 2.79. The van der Waals surface area contributed by atoms with Crippen molar-refractivity contribution in [2.75, 3.05) is 0 Å². The molecule has 1 saturated heterocycles. The summed E-state index contributed by atoms with van der Waals surface area (Å²) in [4.78, 5) is 9.26. The van der Waals surface area contributed by atoms with Crippen LogP contribution in [0.5, 0.6) is 0 Å². The van der Waals surface area contributed by atoms with Gasteiger partial charge < -0.3 is 9.53 Å². The van der Waals surface area contributed by atoms with Crippen molar-refractivity contribution in [1.82, 2.24) is 0 Å². The van der Waals surface area contributed by atoms with E-state index in [1.54, 1.807) is 0 Å². The van der Waals surface area contributed by atoms with Gasteiger partial charge in [0, 0.05) is 0 Å². The van der Waals surface area contributed by atoms with Gasteiger partial charge in [0.2, 0.25) is 0 Å². The average molecular weight is 200 g/mol. The smallest absolute Gasteiger partial charge is 0.169 e. The third-order valence-electron chi connectivity index (χ3n) is 3.35. The number of hydrogen-bond donors (Lipinski definition) is 1. The molecule has 1 aliphatic carbocycles. The topological polar surface area (TPSA) is 32.8 Å². The Kier molecular flexibility index (Phi) is 3.06. The first-order chi connectivity index (χ1) is 6.25. The molecule has 0 spiro atoms. The van der Waals surface area contributed by atoms with E-state index >= 15 is 0 Å². The highest BCUT2D eigenvalue weighted by Crippen LogP contribution is 2.41. The maximum Gasteiger partial charge on any atom is 0.169 e. The van der Waals surface area contributed by atoms with E-state index in [9.17, 15) is 4.80 Å². The van der Waals surface area contributed by atoms with E-state index < -0.39 is 9.04 Å². The summed E-state index contributed by atoms with van der Waals surface area (Å²) >= 11 is 0. The molecule has 0 aromatic heterocycles. The van der Waals surface area contributed by atoms with Gasteiger partial charge in [0.05, 0.1) is 12.2 Å². The van der Waals surface area contributed by atoms with Gasteiger partial charge in [-0.05, 0) is 37.8 Å². The zero-order valence-electron chi connectivity index (χ0n) is 8.41. The van der Waals surface area contributed by atoms with E-state index in [0.717, 1.165) is 12.0 Å². The first-order valence-electron chi connectivity index (χ1n) is 5.59. The molecule has 2 fully saturated rings. The maximum atomic E-state index is 9.26. The van der Waals surface area contributed by atoms with Gasteiger partial charge in [-0.2, -0.15) is 0 Å². The van der Waals surface area contributed by atoms with Crippen molar-refractivity contribution in [1.29, 1.82) is 0 Å². The fraction of sp³-hybridized carbons (Fsp3) is 1.00. The zero-order valence-corrected chi connectivity index (χ0v) is 9.56. The lowest BCUT2D eigenvalue weighted by atomic mass is 9.86. The summed E-state index contributed by atoms with van der Waals surface area (Å²) in [5.74, 6) is 0.900. The average Bonchev–Trinajstić information content (AvgIpc) is 2.81. The molecule has 76 valence electrons. The van der Waals surface area contributed by atoms with Crippen LogP contribution in [-0.2, 0) is 4.74 Å². The molecule has 13 heavy (non-hydrogen) atoms. The van der Waals surface area contributed by atoms with Crippen LogP contribution in [0, 0.1) is 5.92 Å². The van der Waals surface area contributed by atoms with Gasteiger partial charge in [-0.25, -0.2) is 0 Å². The summed E-state index contributed by atoms with van der Waals surface area (Å²) in [5.41, 5.74) is 0. The Morgan fingerprint density at radius 3 is 2.92 bits per heavy atom. The molecule has 1 saturated carbocycles. The predicted octanol–water partition coefficient (Wildman–Crippen LogP) is 1.68. The molecule has 0 amide bonds. The monoisotopic (exact) mass is 200 g/mol. The third-order valence-corrected chi connectivity index (χ3v) is 4.59. The lowest BCUT2D eigenvalue weighted by molar-refractivity contribution is 0.349. The lowest BCUT2D eigenvalue weighted by Gasteiger charge is -2.18. The summed E-state index contributed by atoms with van der Waals surface area (Å²) in [6, 6.07) is 1.10. The van der Waals surface area contributed by atoms with Crippen molar-refractivity contribution in [3.8, 4) is 0 Å². The standard InChI is InChI=1S/C10H20O2Si/c1-13(11)6-2-3-8-4-5-9-10(7-8)12-9/h8-11,13H,2-7H2,1H3. The van der Waals surface area contributed by atoms with Crippen LogP contribution in [0.2, 0.25) is 12.6 Å². The van der Waals surface area contributed by atoms with Crippen LogP contribution in [0.1, 0.15) is 32.1 Å². The van der Waals surface area contributed by atoms with Gasteiger partial charge in [0.1, 0.15) is 0 Å². The first kappa shape index (κ1) is 9.68. The molecule has 0 aromatic carbocycles. The Bertz CT molecular complexity index is 172.